The highest BCUT2D eigenvalue weighted by atomic mass is 16.1. The molecule has 1 heterocycles. The van der Waals surface area contributed by atoms with Gasteiger partial charge in [0.1, 0.15) is 11.7 Å². The molecule has 32 heavy (non-hydrogen) atoms. The van der Waals surface area contributed by atoms with Gasteiger partial charge in [0.25, 0.3) is 0 Å². The second-order valence-corrected chi connectivity index (χ2v) is 8.15. The molecular formula is C25H28N6O. The predicted octanol–water partition coefficient (Wildman–Crippen LogP) is 3.44. The van der Waals surface area contributed by atoms with Crippen molar-refractivity contribution in [1.82, 2.24) is 10.3 Å². The topological polar surface area (TPSA) is 130 Å². The lowest BCUT2D eigenvalue weighted by molar-refractivity contribution is -0.120. The summed E-state index contributed by atoms with van der Waals surface area (Å²) in [5.41, 5.74) is 16.3. The Morgan fingerprint density at radius 1 is 1.09 bits per heavy atom. The van der Waals surface area contributed by atoms with Crippen LogP contribution < -0.4 is 22.1 Å². The molecule has 7 N–H and O–H groups in total. The number of amidine groups is 1. The van der Waals surface area contributed by atoms with Gasteiger partial charge >= 0.3 is 0 Å². The van der Waals surface area contributed by atoms with Crippen LogP contribution in [-0.2, 0) is 17.8 Å². The second kappa shape index (κ2) is 9.51. The summed E-state index contributed by atoms with van der Waals surface area (Å²) in [7, 11) is 0. The normalized spacial score (nSPS) is 13.2. The van der Waals surface area contributed by atoms with Crippen LogP contribution in [0.1, 0.15) is 36.1 Å². The quantitative estimate of drug-likeness (QED) is 0.213. The van der Waals surface area contributed by atoms with Crippen molar-refractivity contribution in [2.24, 2.45) is 5.73 Å². The number of aromatic nitrogens is 1. The molecule has 0 saturated heterocycles. The second-order valence-electron chi connectivity index (χ2n) is 8.15. The molecule has 1 aliphatic rings. The van der Waals surface area contributed by atoms with Crippen LogP contribution in [0.4, 0.5) is 11.5 Å². The third-order valence-electron chi connectivity index (χ3n) is 5.71. The average molecular weight is 429 g/mol. The Morgan fingerprint density at radius 3 is 2.53 bits per heavy atom. The summed E-state index contributed by atoms with van der Waals surface area (Å²) < 4.78 is 0. The number of hydrogen-bond acceptors (Lipinski definition) is 5. The zero-order chi connectivity index (χ0) is 22.5. The number of nitrogen functional groups attached to an aromatic ring is 2. The molecule has 0 atom stereocenters. The van der Waals surface area contributed by atoms with Crippen molar-refractivity contribution in [3.05, 3.63) is 77.5 Å². The largest absolute Gasteiger partial charge is 0.399 e. The number of nitrogens with zero attached hydrogens (tertiary/aromatic N) is 1. The van der Waals surface area contributed by atoms with Crippen LogP contribution in [0, 0.1) is 5.41 Å². The van der Waals surface area contributed by atoms with Crippen LogP contribution in [0.25, 0.3) is 11.1 Å². The number of nitrogens with two attached hydrogens (primary N) is 2. The fraction of sp³-hybridized carbons (Fsp3) is 0.240. The summed E-state index contributed by atoms with van der Waals surface area (Å²) in [6.07, 6.45) is 3.70. The maximum Gasteiger partial charge on any atom is 0.226 e. The molecule has 7 nitrogen and oxygen atoms in total. The molecule has 1 amide bonds. The van der Waals surface area contributed by atoms with E-state index < -0.39 is 0 Å². The number of carbonyl (C=O) groups is 1. The van der Waals surface area contributed by atoms with Gasteiger partial charge in [0, 0.05) is 29.4 Å². The predicted molar refractivity (Wildman–Crippen MR) is 128 cm³/mol. The fourth-order valence-corrected chi connectivity index (χ4v) is 3.66. The fourth-order valence-electron chi connectivity index (χ4n) is 3.66. The van der Waals surface area contributed by atoms with E-state index in [1.165, 1.54) is 6.42 Å². The number of benzene rings is 2. The van der Waals surface area contributed by atoms with E-state index >= 15 is 0 Å². The lowest BCUT2D eigenvalue weighted by atomic mass is 9.93. The molecule has 4 rings (SSSR count). The SMILES string of the molecule is N=C(N)c1ccc(CNC(=O)Cc2nc(NC3CCC3)ccc2-c2cccc(N)c2)cc1. The third-order valence-corrected chi connectivity index (χ3v) is 5.71. The molecule has 0 bridgehead atoms. The smallest absolute Gasteiger partial charge is 0.226 e. The van der Waals surface area contributed by atoms with Gasteiger partial charge in [-0.2, -0.15) is 0 Å². The Bertz CT molecular complexity index is 1120. The highest BCUT2D eigenvalue weighted by molar-refractivity contribution is 5.94. The Balaban J connectivity index is 1.49. The third kappa shape index (κ3) is 5.24. The maximum atomic E-state index is 12.8. The van der Waals surface area contributed by atoms with Crippen molar-refractivity contribution in [2.45, 2.75) is 38.3 Å². The Hall–Kier alpha value is -3.87. The van der Waals surface area contributed by atoms with Crippen molar-refractivity contribution in [3.8, 4) is 11.1 Å². The summed E-state index contributed by atoms with van der Waals surface area (Å²) in [5.74, 6) is 0.709. The lowest BCUT2D eigenvalue weighted by Gasteiger charge is -2.27. The van der Waals surface area contributed by atoms with E-state index in [4.69, 9.17) is 21.9 Å². The van der Waals surface area contributed by atoms with Crippen molar-refractivity contribution >= 4 is 23.2 Å². The molecule has 1 saturated carbocycles. The van der Waals surface area contributed by atoms with E-state index in [-0.39, 0.29) is 18.2 Å². The van der Waals surface area contributed by atoms with Crippen LogP contribution in [0.15, 0.2) is 60.7 Å². The van der Waals surface area contributed by atoms with Gasteiger partial charge in [0.05, 0.1) is 12.1 Å². The zero-order valence-electron chi connectivity index (χ0n) is 17.9. The first kappa shape index (κ1) is 21.4. The minimum Gasteiger partial charge on any atom is -0.399 e. The standard InChI is InChI=1S/C25H28N6O/c26-19-4-1-3-18(13-19)21-11-12-23(30-20-5-2-6-20)31-22(21)14-24(32)29-15-16-7-9-17(10-8-16)25(27)28/h1,3-4,7-13,20H,2,5-6,14-15,26H2,(H3,27,28)(H,29,32)(H,30,31). The molecule has 1 fully saturated rings. The van der Waals surface area contributed by atoms with E-state index in [9.17, 15) is 4.79 Å². The number of pyridine rings is 1. The number of hydrogen-bond donors (Lipinski definition) is 5. The van der Waals surface area contributed by atoms with E-state index in [2.05, 4.69) is 10.6 Å². The van der Waals surface area contributed by atoms with Crippen LogP contribution in [0.5, 0.6) is 0 Å². The van der Waals surface area contributed by atoms with Gasteiger partial charge in [-0.25, -0.2) is 4.98 Å². The number of amides is 1. The Kier molecular flexibility index (Phi) is 6.35. The molecule has 0 spiro atoms. The molecule has 1 aromatic heterocycles. The molecule has 1 aliphatic carbocycles. The molecule has 0 unspecified atom stereocenters. The highest BCUT2D eigenvalue weighted by Crippen LogP contribution is 2.28. The van der Waals surface area contributed by atoms with Gasteiger partial charge in [-0.1, -0.05) is 36.4 Å². The minimum absolute atomic E-state index is 0.0242. The minimum atomic E-state index is -0.112. The Morgan fingerprint density at radius 2 is 1.88 bits per heavy atom. The van der Waals surface area contributed by atoms with Crippen molar-refractivity contribution in [3.63, 3.8) is 0 Å². The lowest BCUT2D eigenvalue weighted by Crippen LogP contribution is -2.28. The van der Waals surface area contributed by atoms with E-state index in [0.717, 1.165) is 35.3 Å². The highest BCUT2D eigenvalue weighted by Gasteiger charge is 2.19. The molecule has 0 radical (unpaired) electrons. The Labute approximate surface area is 187 Å². The van der Waals surface area contributed by atoms with Crippen molar-refractivity contribution in [1.29, 1.82) is 5.41 Å². The van der Waals surface area contributed by atoms with Gasteiger partial charge < -0.3 is 22.1 Å². The molecule has 164 valence electrons. The van der Waals surface area contributed by atoms with Crippen LogP contribution in [0.2, 0.25) is 0 Å². The molecule has 7 heteroatoms. The van der Waals surface area contributed by atoms with Gasteiger partial charge in [-0.3, -0.25) is 10.2 Å². The summed E-state index contributed by atoms with van der Waals surface area (Å²) in [4.78, 5) is 17.5. The molecule has 0 aliphatic heterocycles. The van der Waals surface area contributed by atoms with Gasteiger partial charge in [0.15, 0.2) is 0 Å². The zero-order valence-corrected chi connectivity index (χ0v) is 17.9. The van der Waals surface area contributed by atoms with Gasteiger partial charge in [-0.15, -0.1) is 0 Å². The maximum absolute atomic E-state index is 12.8. The van der Waals surface area contributed by atoms with Gasteiger partial charge in [0.2, 0.25) is 5.91 Å². The number of nitrogens with one attached hydrogen (secondary N) is 3. The van der Waals surface area contributed by atoms with Crippen molar-refractivity contribution in [2.75, 3.05) is 11.1 Å². The van der Waals surface area contributed by atoms with E-state index in [0.29, 0.717) is 29.5 Å². The average Bonchev–Trinajstić information content (AvgIpc) is 2.75. The van der Waals surface area contributed by atoms with Gasteiger partial charge in [-0.05, 0) is 54.7 Å². The summed E-state index contributed by atoms with van der Waals surface area (Å²) in [6.45, 7) is 0.394. The van der Waals surface area contributed by atoms with Crippen LogP contribution in [-0.4, -0.2) is 22.8 Å². The molecule has 3 aromatic rings. The van der Waals surface area contributed by atoms with Crippen LogP contribution in [0.3, 0.4) is 0 Å². The van der Waals surface area contributed by atoms with E-state index in [1.807, 2.05) is 48.5 Å². The summed E-state index contributed by atoms with van der Waals surface area (Å²) in [5, 5.41) is 13.9. The van der Waals surface area contributed by atoms with Crippen LogP contribution >= 0.6 is 0 Å². The van der Waals surface area contributed by atoms with Crippen molar-refractivity contribution < 1.29 is 4.79 Å². The summed E-state index contributed by atoms with van der Waals surface area (Å²) >= 11 is 0. The molecule has 2 aromatic carbocycles. The first-order valence-electron chi connectivity index (χ1n) is 10.8. The number of rotatable bonds is 8. The molecular weight excluding hydrogens is 400 g/mol. The summed E-state index contributed by atoms with van der Waals surface area (Å²) in [6, 6.07) is 19.3. The number of carbonyl (C=O) groups excluding carboxylic acids is 1. The first-order chi connectivity index (χ1) is 15.5. The first-order valence-corrected chi connectivity index (χ1v) is 10.8. The van der Waals surface area contributed by atoms with E-state index in [1.54, 1.807) is 12.1 Å². The monoisotopic (exact) mass is 428 g/mol. The number of anilines is 2.